The summed E-state index contributed by atoms with van der Waals surface area (Å²) in [6.07, 6.45) is 2.46. The summed E-state index contributed by atoms with van der Waals surface area (Å²) in [6.45, 7) is 4.12. The van der Waals surface area contributed by atoms with Crippen LogP contribution in [0.3, 0.4) is 0 Å². The number of hydrogen-bond donors (Lipinski definition) is 2. The number of amides is 2. The molecule has 1 aromatic rings. The maximum Gasteiger partial charge on any atom is 0.324 e. The molecule has 8 nitrogen and oxygen atoms in total. The molecule has 0 radical (unpaired) electrons. The van der Waals surface area contributed by atoms with Gasteiger partial charge in [0.1, 0.15) is 0 Å². The van der Waals surface area contributed by atoms with Crippen LogP contribution in [0.25, 0.3) is 0 Å². The quantitative estimate of drug-likeness (QED) is 0.870. The van der Waals surface area contributed by atoms with Gasteiger partial charge < -0.3 is 10.0 Å². The Labute approximate surface area is 122 Å². The van der Waals surface area contributed by atoms with Crippen molar-refractivity contribution in [2.45, 2.75) is 45.6 Å². The largest absolute Gasteiger partial charge is 0.481 e. The zero-order chi connectivity index (χ0) is 15.4. The van der Waals surface area contributed by atoms with Gasteiger partial charge in [-0.05, 0) is 33.1 Å². The Morgan fingerprint density at radius 1 is 1.29 bits per heavy atom. The van der Waals surface area contributed by atoms with Crippen molar-refractivity contribution >= 4 is 17.9 Å². The first kappa shape index (κ1) is 15.1. The number of rotatable bonds is 3. The molecule has 2 rings (SSSR count). The molecule has 1 aliphatic rings. The lowest BCUT2D eigenvalue weighted by Gasteiger charge is -2.34. The van der Waals surface area contributed by atoms with Gasteiger partial charge in [0, 0.05) is 12.6 Å². The van der Waals surface area contributed by atoms with E-state index in [4.69, 9.17) is 5.11 Å². The SMILES string of the molecule is Cc1nnc(NC(=O)N2CCCCC2CC(=O)O)nc1C. The van der Waals surface area contributed by atoms with Gasteiger partial charge in [0.15, 0.2) is 0 Å². The van der Waals surface area contributed by atoms with Crippen LogP contribution >= 0.6 is 0 Å². The van der Waals surface area contributed by atoms with E-state index in [0.717, 1.165) is 12.8 Å². The highest BCUT2D eigenvalue weighted by Gasteiger charge is 2.28. The van der Waals surface area contributed by atoms with Gasteiger partial charge in [-0.15, -0.1) is 5.10 Å². The summed E-state index contributed by atoms with van der Waals surface area (Å²) in [4.78, 5) is 28.8. The monoisotopic (exact) mass is 293 g/mol. The molecule has 1 atom stereocenters. The molecule has 1 unspecified atom stereocenters. The smallest absolute Gasteiger partial charge is 0.324 e. The standard InChI is InChI=1S/C13H19N5O3/c1-8-9(2)16-17-12(14-8)15-13(21)18-6-4-3-5-10(18)7-11(19)20/h10H,3-7H2,1-2H3,(H,19,20)(H,14,15,17,21). The highest BCUT2D eigenvalue weighted by atomic mass is 16.4. The molecule has 1 fully saturated rings. The number of nitrogens with zero attached hydrogens (tertiary/aromatic N) is 4. The van der Waals surface area contributed by atoms with E-state index in [1.807, 2.05) is 0 Å². The maximum atomic E-state index is 12.3. The van der Waals surface area contributed by atoms with E-state index in [1.165, 1.54) is 0 Å². The second kappa shape index (κ2) is 6.47. The lowest BCUT2D eigenvalue weighted by molar-refractivity contribution is -0.138. The topological polar surface area (TPSA) is 108 Å². The van der Waals surface area contributed by atoms with Gasteiger partial charge in [-0.3, -0.25) is 10.1 Å². The molecule has 2 N–H and O–H groups in total. The van der Waals surface area contributed by atoms with Crippen LogP contribution in [0.4, 0.5) is 10.7 Å². The maximum absolute atomic E-state index is 12.3. The Hall–Kier alpha value is -2.25. The third kappa shape index (κ3) is 3.87. The van der Waals surface area contributed by atoms with Crippen LogP contribution in [-0.4, -0.2) is 49.8 Å². The number of likely N-dealkylation sites (tertiary alicyclic amines) is 1. The van der Waals surface area contributed by atoms with E-state index in [0.29, 0.717) is 24.4 Å². The average Bonchev–Trinajstić information content (AvgIpc) is 2.43. The molecule has 8 heteroatoms. The van der Waals surface area contributed by atoms with Crippen LogP contribution in [-0.2, 0) is 4.79 Å². The van der Waals surface area contributed by atoms with Crippen LogP contribution in [0.1, 0.15) is 37.1 Å². The Bertz CT molecular complexity index is 549. The summed E-state index contributed by atoms with van der Waals surface area (Å²) in [5, 5.41) is 19.2. The zero-order valence-electron chi connectivity index (χ0n) is 12.2. The summed E-state index contributed by atoms with van der Waals surface area (Å²) in [5.74, 6) is -0.758. The van der Waals surface area contributed by atoms with Crippen LogP contribution in [0.15, 0.2) is 0 Å². The summed E-state index contributed by atoms with van der Waals surface area (Å²) < 4.78 is 0. The molecule has 2 amide bonds. The first-order valence-corrected chi connectivity index (χ1v) is 6.94. The number of carboxylic acid groups (broad SMARTS) is 1. The van der Waals surface area contributed by atoms with Crippen molar-refractivity contribution < 1.29 is 14.7 Å². The second-order valence-corrected chi connectivity index (χ2v) is 5.18. The number of urea groups is 1. The number of carbonyl (C=O) groups excluding carboxylic acids is 1. The predicted molar refractivity (Wildman–Crippen MR) is 74.9 cm³/mol. The number of nitrogens with one attached hydrogen (secondary N) is 1. The number of aromatic nitrogens is 3. The minimum absolute atomic E-state index is 0.0422. The summed E-state index contributed by atoms with van der Waals surface area (Å²) >= 11 is 0. The van der Waals surface area contributed by atoms with Crippen molar-refractivity contribution in [2.24, 2.45) is 0 Å². The molecule has 0 bridgehead atoms. The fourth-order valence-corrected chi connectivity index (χ4v) is 2.36. The Morgan fingerprint density at radius 2 is 2.05 bits per heavy atom. The van der Waals surface area contributed by atoms with E-state index in [2.05, 4.69) is 20.5 Å². The lowest BCUT2D eigenvalue weighted by Crippen LogP contribution is -2.47. The van der Waals surface area contributed by atoms with E-state index < -0.39 is 5.97 Å². The first-order chi connectivity index (χ1) is 9.97. The Morgan fingerprint density at radius 3 is 2.71 bits per heavy atom. The van der Waals surface area contributed by atoms with Crippen LogP contribution < -0.4 is 5.32 Å². The molecule has 1 saturated heterocycles. The third-order valence-corrected chi connectivity index (χ3v) is 3.61. The molecule has 21 heavy (non-hydrogen) atoms. The average molecular weight is 293 g/mol. The van der Waals surface area contributed by atoms with Crippen LogP contribution in [0.2, 0.25) is 0 Å². The highest BCUT2D eigenvalue weighted by molar-refractivity contribution is 5.88. The summed E-state index contributed by atoms with van der Waals surface area (Å²) in [5.41, 5.74) is 1.40. The Balaban J connectivity index is 2.06. The number of carboxylic acids is 1. The van der Waals surface area contributed by atoms with Gasteiger partial charge in [0.25, 0.3) is 5.95 Å². The minimum atomic E-state index is -0.899. The van der Waals surface area contributed by atoms with Crippen molar-refractivity contribution in [1.29, 1.82) is 0 Å². The molecule has 0 aliphatic carbocycles. The van der Waals surface area contributed by atoms with Crippen molar-refractivity contribution in [3.63, 3.8) is 0 Å². The number of piperidine rings is 1. The minimum Gasteiger partial charge on any atom is -0.481 e. The van der Waals surface area contributed by atoms with Crippen LogP contribution in [0, 0.1) is 13.8 Å². The van der Waals surface area contributed by atoms with Gasteiger partial charge in [-0.1, -0.05) is 0 Å². The van der Waals surface area contributed by atoms with Gasteiger partial charge in [-0.25, -0.2) is 9.78 Å². The second-order valence-electron chi connectivity index (χ2n) is 5.18. The van der Waals surface area contributed by atoms with E-state index in [9.17, 15) is 9.59 Å². The number of carbonyl (C=O) groups is 2. The van der Waals surface area contributed by atoms with Crippen molar-refractivity contribution in [2.75, 3.05) is 11.9 Å². The highest BCUT2D eigenvalue weighted by Crippen LogP contribution is 2.20. The van der Waals surface area contributed by atoms with Gasteiger partial charge in [0.05, 0.1) is 17.8 Å². The number of hydrogen-bond acceptors (Lipinski definition) is 5. The molecular formula is C13H19N5O3. The molecule has 2 heterocycles. The van der Waals surface area contributed by atoms with Crippen molar-refractivity contribution in [3.05, 3.63) is 11.4 Å². The fourth-order valence-electron chi connectivity index (χ4n) is 2.36. The molecular weight excluding hydrogens is 274 g/mol. The summed E-state index contributed by atoms with van der Waals surface area (Å²) in [7, 11) is 0. The number of aryl methyl sites for hydroxylation is 2. The number of anilines is 1. The normalized spacial score (nSPS) is 18.4. The van der Waals surface area contributed by atoms with Gasteiger partial charge in [-0.2, -0.15) is 5.10 Å². The van der Waals surface area contributed by atoms with E-state index in [1.54, 1.807) is 18.7 Å². The zero-order valence-corrected chi connectivity index (χ0v) is 12.2. The van der Waals surface area contributed by atoms with Crippen molar-refractivity contribution in [1.82, 2.24) is 20.1 Å². The number of aliphatic carboxylic acids is 1. The molecule has 1 aliphatic heterocycles. The third-order valence-electron chi connectivity index (χ3n) is 3.61. The molecule has 0 saturated carbocycles. The Kier molecular flexibility index (Phi) is 4.66. The summed E-state index contributed by atoms with van der Waals surface area (Å²) in [6, 6.07) is -0.651. The van der Waals surface area contributed by atoms with E-state index in [-0.39, 0.29) is 24.4 Å². The fraction of sp³-hybridized carbons (Fsp3) is 0.615. The first-order valence-electron chi connectivity index (χ1n) is 6.94. The lowest BCUT2D eigenvalue weighted by atomic mass is 10.00. The molecule has 0 spiro atoms. The predicted octanol–water partition coefficient (Wildman–Crippen LogP) is 1.35. The molecule has 1 aromatic heterocycles. The van der Waals surface area contributed by atoms with Crippen molar-refractivity contribution in [3.8, 4) is 0 Å². The van der Waals surface area contributed by atoms with Crippen LogP contribution in [0.5, 0.6) is 0 Å². The van der Waals surface area contributed by atoms with E-state index >= 15 is 0 Å². The molecule has 0 aromatic carbocycles. The van der Waals surface area contributed by atoms with Gasteiger partial charge in [0.2, 0.25) is 0 Å². The molecule has 114 valence electrons. The van der Waals surface area contributed by atoms with Gasteiger partial charge >= 0.3 is 12.0 Å².